The smallest absolute Gasteiger partial charge is 0.395 e. The second-order valence-corrected chi connectivity index (χ2v) is 6.05. The minimum Gasteiger partial charge on any atom is -0.395 e. The Morgan fingerprint density at radius 2 is 2.05 bits per heavy atom. The van der Waals surface area contributed by atoms with E-state index < -0.39 is 11.7 Å². The van der Waals surface area contributed by atoms with Crippen molar-refractivity contribution in [1.29, 1.82) is 0 Å². The lowest BCUT2D eigenvalue weighted by molar-refractivity contribution is -0.137. The lowest BCUT2D eigenvalue weighted by Gasteiger charge is -2.23. The van der Waals surface area contributed by atoms with Gasteiger partial charge in [0.15, 0.2) is 0 Å². The molecule has 2 N–H and O–H groups in total. The number of nitrogens with zero attached hydrogens (tertiary/aromatic N) is 1. The van der Waals surface area contributed by atoms with Gasteiger partial charge in [0.1, 0.15) is 0 Å². The zero-order valence-electron chi connectivity index (χ0n) is 12.2. The zero-order valence-corrected chi connectivity index (χ0v) is 13.0. The van der Waals surface area contributed by atoms with Gasteiger partial charge in [-0.05, 0) is 31.4 Å². The Kier molecular flexibility index (Phi) is 5.18. The van der Waals surface area contributed by atoms with Gasteiger partial charge in [0.05, 0.1) is 17.7 Å². The van der Waals surface area contributed by atoms with E-state index in [1.54, 1.807) is 6.07 Å². The van der Waals surface area contributed by atoms with Crippen molar-refractivity contribution in [3.8, 4) is 0 Å². The van der Waals surface area contributed by atoms with Gasteiger partial charge in [-0.15, -0.1) is 0 Å². The van der Waals surface area contributed by atoms with Crippen LogP contribution in [0, 0.1) is 0 Å². The highest BCUT2D eigenvalue weighted by atomic mass is 32.2. The van der Waals surface area contributed by atoms with Crippen LogP contribution in [0.25, 0.3) is 10.9 Å². The van der Waals surface area contributed by atoms with E-state index in [0.717, 1.165) is 12.1 Å². The molecule has 1 aromatic carbocycles. The molecule has 0 saturated carbocycles. The van der Waals surface area contributed by atoms with E-state index in [-0.39, 0.29) is 23.4 Å². The third-order valence-corrected chi connectivity index (χ3v) is 4.66. The number of aliphatic hydroxyl groups is 1. The van der Waals surface area contributed by atoms with Crippen LogP contribution in [0.4, 0.5) is 18.9 Å². The van der Waals surface area contributed by atoms with Crippen LogP contribution in [0.2, 0.25) is 0 Å². The van der Waals surface area contributed by atoms with E-state index in [4.69, 9.17) is 0 Å². The lowest BCUT2D eigenvalue weighted by Crippen LogP contribution is -2.31. The fourth-order valence-electron chi connectivity index (χ4n) is 2.23. The number of fused-ring (bicyclic) bond motifs is 1. The van der Waals surface area contributed by atoms with Crippen molar-refractivity contribution < 1.29 is 18.3 Å². The van der Waals surface area contributed by atoms with Crippen molar-refractivity contribution >= 4 is 28.4 Å². The van der Waals surface area contributed by atoms with Crippen LogP contribution in [0.15, 0.2) is 30.5 Å². The van der Waals surface area contributed by atoms with Gasteiger partial charge in [-0.3, -0.25) is 4.98 Å². The standard InChI is InChI=1S/C15H17F3N2OS/c1-9(14(8-21)22-2)20-12-5-6-19-13-7-10(15(16,17)18)3-4-11(12)13/h3-7,9,14,21H,8H2,1-2H3,(H,19,20). The van der Waals surface area contributed by atoms with Crippen LogP contribution in [0.1, 0.15) is 12.5 Å². The van der Waals surface area contributed by atoms with E-state index in [1.807, 2.05) is 13.2 Å². The Bertz CT molecular complexity index is 644. The minimum absolute atomic E-state index is 0.00216. The van der Waals surface area contributed by atoms with Crippen molar-refractivity contribution in [1.82, 2.24) is 4.98 Å². The Labute approximate surface area is 130 Å². The van der Waals surface area contributed by atoms with Crippen molar-refractivity contribution in [2.75, 3.05) is 18.2 Å². The van der Waals surface area contributed by atoms with Crippen LogP contribution >= 0.6 is 11.8 Å². The highest BCUT2D eigenvalue weighted by Gasteiger charge is 2.30. The van der Waals surface area contributed by atoms with E-state index in [0.29, 0.717) is 11.1 Å². The predicted molar refractivity (Wildman–Crippen MR) is 84.2 cm³/mol. The zero-order chi connectivity index (χ0) is 16.3. The molecule has 120 valence electrons. The first kappa shape index (κ1) is 16.9. The summed E-state index contributed by atoms with van der Waals surface area (Å²) in [6, 6.07) is 5.21. The summed E-state index contributed by atoms with van der Waals surface area (Å²) in [5.41, 5.74) is 0.283. The topological polar surface area (TPSA) is 45.1 Å². The molecule has 0 amide bonds. The number of benzene rings is 1. The summed E-state index contributed by atoms with van der Waals surface area (Å²) < 4.78 is 38.2. The number of aromatic nitrogens is 1. The highest BCUT2D eigenvalue weighted by molar-refractivity contribution is 7.99. The molecule has 0 fully saturated rings. The molecule has 0 aliphatic rings. The molecule has 2 unspecified atom stereocenters. The summed E-state index contributed by atoms with van der Waals surface area (Å²) in [6.45, 7) is 1.95. The van der Waals surface area contributed by atoms with Gasteiger partial charge in [-0.1, -0.05) is 6.07 Å². The van der Waals surface area contributed by atoms with Gasteiger partial charge in [-0.25, -0.2) is 0 Å². The van der Waals surface area contributed by atoms with Crippen molar-refractivity contribution in [3.05, 3.63) is 36.0 Å². The molecular weight excluding hydrogens is 313 g/mol. The Morgan fingerprint density at radius 3 is 2.64 bits per heavy atom. The maximum Gasteiger partial charge on any atom is 0.416 e. The maximum absolute atomic E-state index is 12.7. The number of nitrogens with one attached hydrogen (secondary N) is 1. The van der Waals surface area contributed by atoms with E-state index in [2.05, 4.69) is 10.3 Å². The lowest BCUT2D eigenvalue weighted by atomic mass is 10.1. The van der Waals surface area contributed by atoms with E-state index in [1.165, 1.54) is 24.0 Å². The number of pyridine rings is 1. The van der Waals surface area contributed by atoms with Gasteiger partial charge in [0, 0.05) is 28.6 Å². The molecule has 1 heterocycles. The van der Waals surface area contributed by atoms with Crippen molar-refractivity contribution in [3.63, 3.8) is 0 Å². The molecule has 2 atom stereocenters. The molecule has 1 aromatic heterocycles. The second-order valence-electron chi connectivity index (χ2n) is 4.98. The van der Waals surface area contributed by atoms with Gasteiger partial charge in [0.25, 0.3) is 0 Å². The number of halogens is 3. The number of hydrogen-bond donors (Lipinski definition) is 2. The van der Waals surface area contributed by atoms with Crippen molar-refractivity contribution in [2.45, 2.75) is 24.4 Å². The Balaban J connectivity index is 2.36. The van der Waals surface area contributed by atoms with Gasteiger partial charge < -0.3 is 10.4 Å². The van der Waals surface area contributed by atoms with Gasteiger partial charge in [-0.2, -0.15) is 24.9 Å². The third kappa shape index (κ3) is 3.64. The summed E-state index contributed by atoms with van der Waals surface area (Å²) in [5.74, 6) is 0. The summed E-state index contributed by atoms with van der Waals surface area (Å²) in [7, 11) is 0. The first-order valence-electron chi connectivity index (χ1n) is 6.73. The summed E-state index contributed by atoms with van der Waals surface area (Å²) in [5, 5.41) is 13.2. The van der Waals surface area contributed by atoms with Crippen LogP contribution < -0.4 is 5.32 Å². The molecule has 2 aromatic rings. The molecule has 0 aliphatic carbocycles. The molecule has 0 spiro atoms. The number of rotatable bonds is 5. The molecule has 2 rings (SSSR count). The molecular formula is C15H17F3N2OS. The molecule has 0 aliphatic heterocycles. The average molecular weight is 330 g/mol. The van der Waals surface area contributed by atoms with Gasteiger partial charge in [0.2, 0.25) is 0 Å². The van der Waals surface area contributed by atoms with E-state index in [9.17, 15) is 18.3 Å². The van der Waals surface area contributed by atoms with Crippen LogP contribution in [-0.2, 0) is 6.18 Å². The summed E-state index contributed by atoms with van der Waals surface area (Å²) in [6.07, 6.45) is -1.00. The number of hydrogen-bond acceptors (Lipinski definition) is 4. The fourth-order valence-corrected chi connectivity index (χ4v) is 2.85. The molecule has 0 bridgehead atoms. The molecule has 3 nitrogen and oxygen atoms in total. The first-order valence-corrected chi connectivity index (χ1v) is 8.01. The second kappa shape index (κ2) is 6.75. The van der Waals surface area contributed by atoms with Crippen LogP contribution in [-0.4, -0.2) is 34.2 Å². The summed E-state index contributed by atoms with van der Waals surface area (Å²) >= 11 is 1.53. The minimum atomic E-state index is -4.38. The normalized spacial score (nSPS) is 14.8. The fraction of sp³-hybridized carbons (Fsp3) is 0.400. The molecule has 0 saturated heterocycles. The number of alkyl halides is 3. The number of aliphatic hydroxyl groups excluding tert-OH is 1. The van der Waals surface area contributed by atoms with Gasteiger partial charge >= 0.3 is 6.18 Å². The molecule has 22 heavy (non-hydrogen) atoms. The first-order chi connectivity index (χ1) is 10.4. The van der Waals surface area contributed by atoms with Crippen molar-refractivity contribution in [2.24, 2.45) is 0 Å². The Hall–Kier alpha value is -1.47. The van der Waals surface area contributed by atoms with Crippen LogP contribution in [0.5, 0.6) is 0 Å². The number of anilines is 1. The predicted octanol–water partition coefficient (Wildman–Crippen LogP) is 3.78. The Morgan fingerprint density at radius 1 is 1.32 bits per heavy atom. The molecule has 0 radical (unpaired) electrons. The number of thioether (sulfide) groups is 1. The largest absolute Gasteiger partial charge is 0.416 e. The van der Waals surface area contributed by atoms with E-state index >= 15 is 0 Å². The maximum atomic E-state index is 12.7. The monoisotopic (exact) mass is 330 g/mol. The van der Waals surface area contributed by atoms with Crippen LogP contribution in [0.3, 0.4) is 0 Å². The third-order valence-electron chi connectivity index (χ3n) is 3.49. The molecule has 7 heteroatoms. The SMILES string of the molecule is CSC(CO)C(C)Nc1ccnc2cc(C(F)(F)F)ccc12. The highest BCUT2D eigenvalue weighted by Crippen LogP contribution is 2.32. The quantitative estimate of drug-likeness (QED) is 0.876. The average Bonchev–Trinajstić information content (AvgIpc) is 2.47. The summed E-state index contributed by atoms with van der Waals surface area (Å²) in [4.78, 5) is 4.01.